The predicted octanol–water partition coefficient (Wildman–Crippen LogP) is 3.03. The third kappa shape index (κ3) is 4.08. The van der Waals surface area contributed by atoms with Crippen LogP contribution in [0.3, 0.4) is 0 Å². The maximum Gasteiger partial charge on any atom is 0.270 e. The Bertz CT molecular complexity index is 1010. The molecule has 0 aliphatic carbocycles. The van der Waals surface area contributed by atoms with Crippen LogP contribution < -0.4 is 0 Å². The van der Waals surface area contributed by atoms with Crippen molar-refractivity contribution in [3.8, 4) is 0 Å². The third-order valence-electron chi connectivity index (χ3n) is 4.79. The van der Waals surface area contributed by atoms with E-state index in [1.807, 2.05) is 24.3 Å². The second-order valence-corrected chi connectivity index (χ2v) is 6.62. The fraction of sp³-hybridized carbons (Fsp3) is 0.300. The third-order valence-corrected chi connectivity index (χ3v) is 4.79. The molecule has 4 rings (SSSR count). The Balaban J connectivity index is 1.60. The minimum absolute atomic E-state index is 0.0461. The van der Waals surface area contributed by atoms with E-state index in [0.717, 1.165) is 50.4 Å². The number of imidazole rings is 1. The molecule has 8 nitrogen and oxygen atoms in total. The molecule has 0 atom stereocenters. The van der Waals surface area contributed by atoms with Crippen molar-refractivity contribution in [2.24, 2.45) is 4.99 Å². The number of nitro benzene ring substituents is 1. The fourth-order valence-corrected chi connectivity index (χ4v) is 3.30. The molecule has 8 heteroatoms. The molecule has 144 valence electrons. The van der Waals surface area contributed by atoms with E-state index in [2.05, 4.69) is 19.4 Å². The van der Waals surface area contributed by atoms with Gasteiger partial charge in [0.1, 0.15) is 0 Å². The lowest BCUT2D eigenvalue weighted by atomic mass is 10.2. The zero-order chi connectivity index (χ0) is 19.3. The first-order chi connectivity index (χ1) is 13.7. The van der Waals surface area contributed by atoms with Gasteiger partial charge in [0.2, 0.25) is 5.95 Å². The summed E-state index contributed by atoms with van der Waals surface area (Å²) < 4.78 is 7.51. The summed E-state index contributed by atoms with van der Waals surface area (Å²) in [6, 6.07) is 14.4. The van der Waals surface area contributed by atoms with Crippen LogP contribution in [0.2, 0.25) is 0 Å². The molecule has 1 saturated heterocycles. The van der Waals surface area contributed by atoms with Crippen molar-refractivity contribution in [2.45, 2.75) is 6.54 Å². The summed E-state index contributed by atoms with van der Waals surface area (Å²) in [6.45, 7) is 5.05. The molecule has 2 heterocycles. The monoisotopic (exact) mass is 379 g/mol. The highest BCUT2D eigenvalue weighted by molar-refractivity contribution is 5.84. The van der Waals surface area contributed by atoms with Crippen molar-refractivity contribution in [3.63, 3.8) is 0 Å². The number of rotatable bonds is 6. The van der Waals surface area contributed by atoms with Gasteiger partial charge >= 0.3 is 0 Å². The summed E-state index contributed by atoms with van der Waals surface area (Å²) in [6.07, 6.45) is 1.62. The van der Waals surface area contributed by atoms with E-state index in [0.29, 0.717) is 11.5 Å². The Hall–Kier alpha value is -3.10. The molecule has 0 N–H and O–H groups in total. The van der Waals surface area contributed by atoms with Gasteiger partial charge in [0.15, 0.2) is 0 Å². The maximum absolute atomic E-state index is 11.0. The van der Waals surface area contributed by atoms with Crippen molar-refractivity contribution in [2.75, 3.05) is 32.8 Å². The first kappa shape index (κ1) is 18.3. The standard InChI is InChI=1S/C20H21N5O3/c26-25(27)17-5-3-4-16(14-17)15-21-20-22-18-6-1-2-7-19(18)24(20)9-8-23-10-12-28-13-11-23/h1-7,14-15H,8-13H2/b21-15+. The minimum Gasteiger partial charge on any atom is -0.379 e. The second-order valence-electron chi connectivity index (χ2n) is 6.62. The second kappa shape index (κ2) is 8.28. The Morgan fingerprint density at radius 1 is 1.14 bits per heavy atom. The van der Waals surface area contributed by atoms with Crippen LogP contribution in [-0.2, 0) is 11.3 Å². The maximum atomic E-state index is 11.0. The van der Waals surface area contributed by atoms with Gasteiger partial charge in [-0.2, -0.15) is 0 Å². The van der Waals surface area contributed by atoms with E-state index in [4.69, 9.17) is 4.74 Å². The molecule has 1 aliphatic heterocycles. The molecule has 3 aromatic rings. The number of morpholine rings is 1. The Morgan fingerprint density at radius 2 is 1.96 bits per heavy atom. The van der Waals surface area contributed by atoms with E-state index < -0.39 is 4.92 Å². The summed E-state index contributed by atoms with van der Waals surface area (Å²) in [4.78, 5) is 22.1. The van der Waals surface area contributed by atoms with Gasteiger partial charge in [0, 0.05) is 44.5 Å². The number of benzene rings is 2. The topological polar surface area (TPSA) is 85.8 Å². The van der Waals surface area contributed by atoms with Crippen LogP contribution in [0.4, 0.5) is 11.6 Å². The van der Waals surface area contributed by atoms with Gasteiger partial charge in [-0.25, -0.2) is 9.98 Å². The number of nitro groups is 1. The highest BCUT2D eigenvalue weighted by Crippen LogP contribution is 2.22. The molecule has 0 spiro atoms. The Labute approximate surface area is 162 Å². The molecule has 0 unspecified atom stereocenters. The summed E-state index contributed by atoms with van der Waals surface area (Å²) >= 11 is 0. The summed E-state index contributed by atoms with van der Waals surface area (Å²) in [7, 11) is 0. The predicted molar refractivity (Wildman–Crippen MR) is 107 cm³/mol. The minimum atomic E-state index is -0.408. The van der Waals surface area contributed by atoms with Crippen LogP contribution in [0.5, 0.6) is 0 Å². The summed E-state index contributed by atoms with van der Waals surface area (Å²) in [5, 5.41) is 11.0. The lowest BCUT2D eigenvalue weighted by molar-refractivity contribution is -0.384. The fourth-order valence-electron chi connectivity index (χ4n) is 3.30. The number of non-ortho nitro benzene ring substituents is 1. The Morgan fingerprint density at radius 3 is 2.79 bits per heavy atom. The Kier molecular flexibility index (Phi) is 5.41. The van der Waals surface area contributed by atoms with Crippen LogP contribution in [-0.4, -0.2) is 58.4 Å². The largest absolute Gasteiger partial charge is 0.379 e. The smallest absolute Gasteiger partial charge is 0.270 e. The number of hydrogen-bond acceptors (Lipinski definition) is 6. The van der Waals surface area contributed by atoms with Crippen LogP contribution in [0.1, 0.15) is 5.56 Å². The molecular weight excluding hydrogens is 358 g/mol. The van der Waals surface area contributed by atoms with Crippen molar-refractivity contribution in [1.29, 1.82) is 0 Å². The molecule has 1 fully saturated rings. The number of hydrogen-bond donors (Lipinski definition) is 0. The van der Waals surface area contributed by atoms with Crippen molar-refractivity contribution in [1.82, 2.24) is 14.5 Å². The van der Waals surface area contributed by atoms with Gasteiger partial charge in [0.25, 0.3) is 5.69 Å². The highest BCUT2D eigenvalue weighted by atomic mass is 16.6. The normalized spacial score (nSPS) is 15.4. The van der Waals surface area contributed by atoms with Gasteiger partial charge in [0.05, 0.1) is 29.2 Å². The molecule has 0 bridgehead atoms. The van der Waals surface area contributed by atoms with Gasteiger partial charge in [-0.15, -0.1) is 0 Å². The average Bonchev–Trinajstić information content (AvgIpc) is 3.09. The van der Waals surface area contributed by atoms with E-state index >= 15 is 0 Å². The zero-order valence-corrected chi connectivity index (χ0v) is 15.4. The quantitative estimate of drug-likeness (QED) is 0.373. The van der Waals surface area contributed by atoms with Gasteiger partial charge in [-0.3, -0.25) is 15.0 Å². The van der Waals surface area contributed by atoms with Crippen molar-refractivity contribution < 1.29 is 9.66 Å². The first-order valence-electron chi connectivity index (χ1n) is 9.24. The zero-order valence-electron chi connectivity index (χ0n) is 15.4. The van der Waals surface area contributed by atoms with Crippen molar-refractivity contribution >= 4 is 28.9 Å². The first-order valence-corrected chi connectivity index (χ1v) is 9.24. The number of fused-ring (bicyclic) bond motifs is 1. The van der Waals surface area contributed by atoms with Gasteiger partial charge in [-0.1, -0.05) is 24.3 Å². The van der Waals surface area contributed by atoms with E-state index in [9.17, 15) is 10.1 Å². The van der Waals surface area contributed by atoms with E-state index in [-0.39, 0.29) is 5.69 Å². The van der Waals surface area contributed by atoms with Crippen molar-refractivity contribution in [3.05, 3.63) is 64.2 Å². The number of aromatic nitrogens is 2. The summed E-state index contributed by atoms with van der Waals surface area (Å²) in [5.41, 5.74) is 2.63. The molecule has 0 saturated carbocycles. The van der Waals surface area contributed by atoms with Crippen LogP contribution >= 0.6 is 0 Å². The number of nitrogens with zero attached hydrogens (tertiary/aromatic N) is 5. The van der Waals surface area contributed by atoms with Gasteiger partial charge in [-0.05, 0) is 17.7 Å². The molecule has 1 aliphatic rings. The van der Waals surface area contributed by atoms with Gasteiger partial charge < -0.3 is 9.30 Å². The summed E-state index contributed by atoms with van der Waals surface area (Å²) in [5.74, 6) is 0.598. The molecule has 2 aromatic carbocycles. The number of aliphatic imine (C=N–C) groups is 1. The SMILES string of the molecule is O=[N+]([O-])c1cccc(/C=N/c2nc3ccccc3n2CCN2CCOCC2)c1. The molecule has 28 heavy (non-hydrogen) atoms. The molecule has 0 radical (unpaired) electrons. The molecule has 0 amide bonds. The van der Waals surface area contributed by atoms with E-state index in [1.54, 1.807) is 18.3 Å². The number of ether oxygens (including phenoxy) is 1. The number of para-hydroxylation sites is 2. The van der Waals surface area contributed by atoms with E-state index in [1.165, 1.54) is 12.1 Å². The average molecular weight is 379 g/mol. The van der Waals surface area contributed by atoms with Crippen LogP contribution in [0.25, 0.3) is 11.0 Å². The van der Waals surface area contributed by atoms with Crippen LogP contribution in [0.15, 0.2) is 53.5 Å². The molecular formula is C20H21N5O3. The highest BCUT2D eigenvalue weighted by Gasteiger charge is 2.14. The van der Waals surface area contributed by atoms with Crippen LogP contribution in [0, 0.1) is 10.1 Å². The lowest BCUT2D eigenvalue weighted by Gasteiger charge is -2.26. The molecule has 1 aromatic heterocycles. The lowest BCUT2D eigenvalue weighted by Crippen LogP contribution is -2.38.